The van der Waals surface area contributed by atoms with Crippen LogP contribution in [0.4, 0.5) is 0 Å². The summed E-state index contributed by atoms with van der Waals surface area (Å²) in [6.45, 7) is 0.140. The van der Waals surface area contributed by atoms with E-state index in [0.29, 0.717) is 10.4 Å². The van der Waals surface area contributed by atoms with Crippen molar-refractivity contribution in [3.05, 3.63) is 27.9 Å². The molecule has 7 heteroatoms. The first kappa shape index (κ1) is 9.57. The smallest absolute Gasteiger partial charge is 0.282 e. The summed E-state index contributed by atoms with van der Waals surface area (Å²) in [6, 6.07) is 2.58. The minimum atomic E-state index is -4.26. The zero-order valence-corrected chi connectivity index (χ0v) is 8.38. The monoisotopic (exact) mass is 232 g/mol. The van der Waals surface area contributed by atoms with Crippen molar-refractivity contribution in [2.45, 2.75) is 4.90 Å². The number of hydrogen-bond donors (Lipinski definition) is 1. The van der Waals surface area contributed by atoms with E-state index < -0.39 is 10.1 Å². The third kappa shape index (κ3) is 1.41. The minimum Gasteiger partial charge on any atom is -0.282 e. The highest BCUT2D eigenvalue weighted by molar-refractivity contribution is 7.85. The first-order valence-corrected chi connectivity index (χ1v) is 5.47. The van der Waals surface area contributed by atoms with Crippen LogP contribution in [-0.4, -0.2) is 19.6 Å². The van der Waals surface area contributed by atoms with Crippen molar-refractivity contribution in [2.24, 2.45) is 9.98 Å². The number of halogens is 1. The van der Waals surface area contributed by atoms with Gasteiger partial charge in [0.2, 0.25) is 0 Å². The second-order valence-corrected chi connectivity index (χ2v) is 4.47. The minimum absolute atomic E-state index is 0.139. The standard InChI is InChI=1S/C7H5ClN2O3S/c8-4-1-2-5(14(11,12)13)7-6(4)9-3-10-7/h1-2H,3H2,(H,11,12,13). The molecule has 0 fully saturated rings. The zero-order valence-electron chi connectivity index (χ0n) is 6.81. The predicted octanol–water partition coefficient (Wildman–Crippen LogP) is -0.203. The molecule has 0 aromatic heterocycles. The Hall–Kier alpha value is -0.980. The van der Waals surface area contributed by atoms with E-state index in [0.717, 1.165) is 0 Å². The Labute approximate surface area is 84.5 Å². The average molecular weight is 233 g/mol. The molecule has 1 aliphatic rings. The van der Waals surface area contributed by atoms with E-state index >= 15 is 0 Å². The number of fused-ring (bicyclic) bond motifs is 1. The molecule has 1 aromatic carbocycles. The zero-order chi connectivity index (χ0) is 10.3. The topological polar surface area (TPSA) is 79.1 Å². The van der Waals surface area contributed by atoms with Crippen LogP contribution in [0.1, 0.15) is 0 Å². The molecule has 1 N–H and O–H groups in total. The molecule has 0 radical (unpaired) electrons. The van der Waals surface area contributed by atoms with Crippen LogP contribution in [-0.2, 0) is 10.1 Å². The summed E-state index contributed by atoms with van der Waals surface area (Å²) in [7, 11) is -4.26. The Morgan fingerprint density at radius 3 is 2.57 bits per heavy atom. The molecule has 0 spiro atoms. The average Bonchev–Trinajstić information content (AvgIpc) is 2.50. The lowest BCUT2D eigenvalue weighted by molar-refractivity contribution is 0.482. The van der Waals surface area contributed by atoms with Gasteiger partial charge in [-0.15, -0.1) is 0 Å². The molecular formula is C7H5ClN2O3S. The van der Waals surface area contributed by atoms with Crippen molar-refractivity contribution >= 4 is 21.7 Å². The summed E-state index contributed by atoms with van der Waals surface area (Å²) in [5, 5.41) is 0.787. The lowest BCUT2D eigenvalue weighted by Gasteiger charge is -1.96. The maximum Gasteiger partial charge on any atom is 0.296 e. The van der Waals surface area contributed by atoms with Gasteiger partial charge < -0.3 is 0 Å². The second-order valence-electron chi connectivity index (χ2n) is 2.68. The molecule has 0 aliphatic carbocycles. The number of nitrogens with zero attached hydrogens (tertiary/aromatic N) is 2. The Bertz CT molecular complexity index is 609. The predicted molar refractivity (Wildman–Crippen MR) is 48.4 cm³/mol. The van der Waals surface area contributed by atoms with Crippen molar-refractivity contribution in [1.29, 1.82) is 0 Å². The molecule has 14 heavy (non-hydrogen) atoms. The first-order valence-electron chi connectivity index (χ1n) is 3.65. The number of benzene rings is 1. The van der Waals surface area contributed by atoms with E-state index in [4.69, 9.17) is 16.2 Å². The van der Waals surface area contributed by atoms with Crippen LogP contribution in [0, 0.1) is 0 Å². The van der Waals surface area contributed by atoms with Crippen LogP contribution in [0.15, 0.2) is 27.0 Å². The van der Waals surface area contributed by atoms with Crippen LogP contribution >= 0.6 is 11.6 Å². The van der Waals surface area contributed by atoms with E-state index in [1.54, 1.807) is 0 Å². The van der Waals surface area contributed by atoms with E-state index in [-0.39, 0.29) is 16.9 Å². The van der Waals surface area contributed by atoms with Crippen LogP contribution in [0.25, 0.3) is 0 Å². The highest BCUT2D eigenvalue weighted by Crippen LogP contribution is 2.06. The SMILES string of the molecule is O=S(=O)(O)c1ccc(Cl)c2c1=NCN=2. The van der Waals surface area contributed by atoms with Crippen molar-refractivity contribution in [3.63, 3.8) is 0 Å². The normalized spacial score (nSPS) is 14.4. The highest BCUT2D eigenvalue weighted by atomic mass is 35.5. The Morgan fingerprint density at radius 1 is 1.29 bits per heavy atom. The van der Waals surface area contributed by atoms with Crippen molar-refractivity contribution in [3.8, 4) is 0 Å². The largest absolute Gasteiger partial charge is 0.296 e. The fraction of sp³-hybridized carbons (Fsp3) is 0.143. The quantitative estimate of drug-likeness (QED) is 0.681. The van der Waals surface area contributed by atoms with Crippen LogP contribution < -0.4 is 10.7 Å². The summed E-state index contributed by atoms with van der Waals surface area (Å²) in [6.07, 6.45) is 0. The fourth-order valence-electron chi connectivity index (χ4n) is 1.22. The summed E-state index contributed by atoms with van der Waals surface area (Å²) >= 11 is 5.76. The highest BCUT2D eigenvalue weighted by Gasteiger charge is 2.16. The summed E-state index contributed by atoms with van der Waals surface area (Å²) in [4.78, 5) is 7.48. The van der Waals surface area contributed by atoms with Crippen LogP contribution in [0.3, 0.4) is 0 Å². The van der Waals surface area contributed by atoms with Crippen LogP contribution in [0.2, 0.25) is 5.02 Å². The molecule has 1 aliphatic heterocycles. The molecule has 0 atom stereocenters. The van der Waals surface area contributed by atoms with Gasteiger partial charge >= 0.3 is 0 Å². The lowest BCUT2D eigenvalue weighted by Crippen LogP contribution is -2.28. The van der Waals surface area contributed by atoms with Gasteiger partial charge in [0.1, 0.15) is 22.3 Å². The Balaban J connectivity index is 2.95. The van der Waals surface area contributed by atoms with Crippen molar-refractivity contribution < 1.29 is 13.0 Å². The van der Waals surface area contributed by atoms with Gasteiger partial charge in [-0.05, 0) is 12.1 Å². The van der Waals surface area contributed by atoms with E-state index in [1.165, 1.54) is 12.1 Å². The van der Waals surface area contributed by atoms with Gasteiger partial charge in [-0.25, -0.2) is 0 Å². The molecule has 0 saturated heterocycles. The second kappa shape index (κ2) is 3.01. The lowest BCUT2D eigenvalue weighted by atomic mass is 10.3. The molecule has 0 unspecified atom stereocenters. The van der Waals surface area contributed by atoms with Gasteiger partial charge in [-0.1, -0.05) is 11.6 Å². The van der Waals surface area contributed by atoms with Gasteiger partial charge in [0.05, 0.1) is 5.02 Å². The maximum absolute atomic E-state index is 10.9. The van der Waals surface area contributed by atoms with Gasteiger partial charge in [0.25, 0.3) is 10.1 Å². The van der Waals surface area contributed by atoms with Gasteiger partial charge in [-0.2, -0.15) is 8.42 Å². The third-order valence-corrected chi connectivity index (χ3v) is 2.99. The molecule has 0 bridgehead atoms. The van der Waals surface area contributed by atoms with Crippen LogP contribution in [0.5, 0.6) is 0 Å². The molecular weight excluding hydrogens is 228 g/mol. The van der Waals surface area contributed by atoms with Gasteiger partial charge in [0, 0.05) is 0 Å². The summed E-state index contributed by atoms with van der Waals surface area (Å²) < 4.78 is 30.7. The van der Waals surface area contributed by atoms with Crippen molar-refractivity contribution in [1.82, 2.24) is 0 Å². The van der Waals surface area contributed by atoms with E-state index in [2.05, 4.69) is 9.98 Å². The van der Waals surface area contributed by atoms with E-state index in [1.807, 2.05) is 0 Å². The third-order valence-electron chi connectivity index (χ3n) is 1.80. The van der Waals surface area contributed by atoms with Gasteiger partial charge in [0.15, 0.2) is 0 Å². The Morgan fingerprint density at radius 2 is 1.93 bits per heavy atom. The molecule has 0 saturated carbocycles. The molecule has 74 valence electrons. The first-order chi connectivity index (χ1) is 6.50. The molecule has 1 aromatic rings. The fourth-order valence-corrected chi connectivity index (χ4v) is 2.08. The Kier molecular flexibility index (Phi) is 2.06. The van der Waals surface area contributed by atoms with Crippen molar-refractivity contribution in [2.75, 3.05) is 6.67 Å². The summed E-state index contributed by atoms with van der Waals surface area (Å²) in [5.74, 6) is 0. The maximum atomic E-state index is 10.9. The number of rotatable bonds is 1. The molecule has 2 rings (SSSR count). The molecule has 1 heterocycles. The van der Waals surface area contributed by atoms with E-state index in [9.17, 15) is 8.42 Å². The molecule has 5 nitrogen and oxygen atoms in total. The summed E-state index contributed by atoms with van der Waals surface area (Å²) in [5.41, 5.74) is 0. The number of hydrogen-bond acceptors (Lipinski definition) is 4. The molecule has 0 amide bonds. The van der Waals surface area contributed by atoms with Gasteiger partial charge in [-0.3, -0.25) is 14.5 Å².